The standard InChI is InChI=1S/C12H13N3O3/c13-9-10-2-3-11(8-12(10)15(16)17)14-4-1-6-18-7-5-14/h2-3,8H,1,4-7H2. The number of rotatable bonds is 2. The van der Waals surface area contributed by atoms with Crippen molar-refractivity contribution in [1.82, 2.24) is 0 Å². The average Bonchev–Trinajstić information content (AvgIpc) is 2.66. The smallest absolute Gasteiger partial charge is 0.289 e. The van der Waals surface area contributed by atoms with Crippen molar-refractivity contribution in [1.29, 1.82) is 5.26 Å². The fraction of sp³-hybridized carbons (Fsp3) is 0.417. The number of nitro groups is 1. The van der Waals surface area contributed by atoms with Gasteiger partial charge in [-0.25, -0.2) is 0 Å². The lowest BCUT2D eigenvalue weighted by Crippen LogP contribution is -2.25. The zero-order valence-corrected chi connectivity index (χ0v) is 9.83. The lowest BCUT2D eigenvalue weighted by molar-refractivity contribution is -0.385. The summed E-state index contributed by atoms with van der Waals surface area (Å²) >= 11 is 0. The molecule has 6 nitrogen and oxygen atoms in total. The van der Waals surface area contributed by atoms with Crippen molar-refractivity contribution in [2.24, 2.45) is 0 Å². The van der Waals surface area contributed by atoms with Gasteiger partial charge >= 0.3 is 0 Å². The summed E-state index contributed by atoms with van der Waals surface area (Å²) in [5.74, 6) is 0. The summed E-state index contributed by atoms with van der Waals surface area (Å²) in [7, 11) is 0. The highest BCUT2D eigenvalue weighted by atomic mass is 16.6. The molecule has 0 aliphatic carbocycles. The minimum absolute atomic E-state index is 0.0924. The SMILES string of the molecule is N#Cc1ccc(N2CCCOCC2)cc1[N+](=O)[O-]. The van der Waals surface area contributed by atoms with Crippen molar-refractivity contribution < 1.29 is 9.66 Å². The molecule has 1 aromatic rings. The molecule has 0 saturated carbocycles. The van der Waals surface area contributed by atoms with E-state index in [1.807, 2.05) is 11.0 Å². The third-order valence-electron chi connectivity index (χ3n) is 2.89. The van der Waals surface area contributed by atoms with Crippen LogP contribution in [0.3, 0.4) is 0 Å². The highest BCUT2D eigenvalue weighted by molar-refractivity contribution is 5.60. The minimum atomic E-state index is -0.517. The highest BCUT2D eigenvalue weighted by Gasteiger charge is 2.17. The Hall–Kier alpha value is -2.13. The van der Waals surface area contributed by atoms with Crippen LogP contribution in [-0.2, 0) is 4.74 Å². The van der Waals surface area contributed by atoms with E-state index in [1.165, 1.54) is 12.1 Å². The first-order valence-corrected chi connectivity index (χ1v) is 5.73. The van der Waals surface area contributed by atoms with Gasteiger partial charge in [0.25, 0.3) is 5.69 Å². The Labute approximate surface area is 105 Å². The molecule has 1 aliphatic heterocycles. The minimum Gasteiger partial charge on any atom is -0.380 e. The van der Waals surface area contributed by atoms with Crippen molar-refractivity contribution >= 4 is 11.4 Å². The van der Waals surface area contributed by atoms with Gasteiger partial charge in [-0.05, 0) is 18.6 Å². The molecular formula is C12H13N3O3. The zero-order valence-electron chi connectivity index (χ0n) is 9.83. The number of ether oxygens (including phenoxy) is 1. The van der Waals surface area contributed by atoms with Gasteiger partial charge in [0.2, 0.25) is 0 Å². The lowest BCUT2D eigenvalue weighted by atomic mass is 10.1. The third kappa shape index (κ3) is 2.57. The second-order valence-electron chi connectivity index (χ2n) is 4.02. The van der Waals surface area contributed by atoms with Gasteiger partial charge in [0.1, 0.15) is 11.6 Å². The molecule has 6 heteroatoms. The first-order chi connectivity index (χ1) is 8.72. The van der Waals surface area contributed by atoms with Gasteiger partial charge in [-0.2, -0.15) is 5.26 Å². The van der Waals surface area contributed by atoms with E-state index in [1.54, 1.807) is 6.07 Å². The monoisotopic (exact) mass is 247 g/mol. The maximum atomic E-state index is 10.9. The van der Waals surface area contributed by atoms with Gasteiger partial charge in [0.05, 0.1) is 11.5 Å². The van der Waals surface area contributed by atoms with Crippen LogP contribution < -0.4 is 4.90 Å². The number of nitro benzene ring substituents is 1. The molecule has 94 valence electrons. The average molecular weight is 247 g/mol. The second kappa shape index (κ2) is 5.47. The van der Waals surface area contributed by atoms with E-state index in [0.29, 0.717) is 13.2 Å². The van der Waals surface area contributed by atoms with Gasteiger partial charge in [-0.15, -0.1) is 0 Å². The van der Waals surface area contributed by atoms with E-state index in [0.717, 1.165) is 25.3 Å². The van der Waals surface area contributed by atoms with Crippen molar-refractivity contribution in [3.8, 4) is 6.07 Å². The molecule has 0 amide bonds. The van der Waals surface area contributed by atoms with E-state index in [2.05, 4.69) is 0 Å². The van der Waals surface area contributed by atoms with Crippen LogP contribution in [0, 0.1) is 21.4 Å². The first kappa shape index (κ1) is 12.3. The normalized spacial score (nSPS) is 15.8. The molecule has 0 spiro atoms. The number of nitriles is 1. The Bertz CT molecular complexity index is 488. The van der Waals surface area contributed by atoms with Crippen LogP contribution >= 0.6 is 0 Å². The molecule has 0 N–H and O–H groups in total. The van der Waals surface area contributed by atoms with Crippen LogP contribution in [0.2, 0.25) is 0 Å². The molecule has 0 bridgehead atoms. The summed E-state index contributed by atoms with van der Waals surface area (Å²) in [6, 6.07) is 6.54. The summed E-state index contributed by atoms with van der Waals surface area (Å²) in [4.78, 5) is 12.4. The van der Waals surface area contributed by atoms with Gasteiger partial charge < -0.3 is 9.64 Å². The number of hydrogen-bond acceptors (Lipinski definition) is 5. The molecular weight excluding hydrogens is 234 g/mol. The van der Waals surface area contributed by atoms with Gasteiger partial charge in [0.15, 0.2) is 0 Å². The predicted octanol–water partition coefficient (Wildman–Crippen LogP) is 1.69. The molecule has 1 saturated heterocycles. The molecule has 2 rings (SSSR count). The Morgan fingerprint density at radius 2 is 2.22 bits per heavy atom. The summed E-state index contributed by atoms with van der Waals surface area (Å²) in [6.07, 6.45) is 0.897. The van der Waals surface area contributed by atoms with Crippen molar-refractivity contribution in [3.63, 3.8) is 0 Å². The molecule has 0 unspecified atom stereocenters. The van der Waals surface area contributed by atoms with Crippen LogP contribution in [0.1, 0.15) is 12.0 Å². The van der Waals surface area contributed by atoms with E-state index >= 15 is 0 Å². The zero-order chi connectivity index (χ0) is 13.0. The van der Waals surface area contributed by atoms with E-state index in [9.17, 15) is 10.1 Å². The topological polar surface area (TPSA) is 79.4 Å². The predicted molar refractivity (Wildman–Crippen MR) is 65.5 cm³/mol. The molecule has 1 aliphatic rings. The van der Waals surface area contributed by atoms with Crippen LogP contribution in [0.15, 0.2) is 18.2 Å². The fourth-order valence-electron chi connectivity index (χ4n) is 1.97. The van der Waals surface area contributed by atoms with Crippen LogP contribution in [-0.4, -0.2) is 31.2 Å². The maximum absolute atomic E-state index is 10.9. The van der Waals surface area contributed by atoms with Crippen LogP contribution in [0.5, 0.6) is 0 Å². The van der Waals surface area contributed by atoms with Gasteiger partial charge in [-0.3, -0.25) is 10.1 Å². The van der Waals surface area contributed by atoms with E-state index in [-0.39, 0.29) is 11.3 Å². The quantitative estimate of drug-likeness (QED) is 0.587. The summed E-state index contributed by atoms with van der Waals surface area (Å²) in [5, 5.41) is 19.7. The van der Waals surface area contributed by atoms with E-state index in [4.69, 9.17) is 10.00 Å². The highest BCUT2D eigenvalue weighted by Crippen LogP contribution is 2.25. The first-order valence-electron chi connectivity index (χ1n) is 5.73. The summed E-state index contributed by atoms with van der Waals surface area (Å²) < 4.78 is 5.34. The second-order valence-corrected chi connectivity index (χ2v) is 4.02. The van der Waals surface area contributed by atoms with Crippen molar-refractivity contribution in [3.05, 3.63) is 33.9 Å². The number of benzene rings is 1. The molecule has 0 atom stereocenters. The summed E-state index contributed by atoms with van der Waals surface area (Å²) in [5.41, 5.74) is 0.723. The molecule has 0 radical (unpaired) electrons. The van der Waals surface area contributed by atoms with Gasteiger partial charge in [0, 0.05) is 31.5 Å². The molecule has 1 fully saturated rings. The number of hydrogen-bond donors (Lipinski definition) is 0. The Balaban J connectivity index is 2.31. The number of anilines is 1. The molecule has 1 heterocycles. The lowest BCUT2D eigenvalue weighted by Gasteiger charge is -2.21. The van der Waals surface area contributed by atoms with E-state index < -0.39 is 4.92 Å². The largest absolute Gasteiger partial charge is 0.380 e. The molecule has 18 heavy (non-hydrogen) atoms. The number of nitrogens with zero attached hydrogens (tertiary/aromatic N) is 3. The fourth-order valence-corrected chi connectivity index (χ4v) is 1.97. The third-order valence-corrected chi connectivity index (χ3v) is 2.89. The Kier molecular flexibility index (Phi) is 3.75. The van der Waals surface area contributed by atoms with Crippen molar-refractivity contribution in [2.45, 2.75) is 6.42 Å². The van der Waals surface area contributed by atoms with Crippen LogP contribution in [0.4, 0.5) is 11.4 Å². The van der Waals surface area contributed by atoms with Crippen molar-refractivity contribution in [2.75, 3.05) is 31.2 Å². The molecule has 0 aromatic heterocycles. The Morgan fingerprint density at radius 3 is 2.94 bits per heavy atom. The van der Waals surface area contributed by atoms with Crippen LogP contribution in [0.25, 0.3) is 0 Å². The maximum Gasteiger partial charge on any atom is 0.289 e. The Morgan fingerprint density at radius 1 is 1.39 bits per heavy atom. The molecule has 1 aromatic carbocycles. The summed E-state index contributed by atoms with van der Waals surface area (Å²) in [6.45, 7) is 2.86. The van der Waals surface area contributed by atoms with Gasteiger partial charge in [-0.1, -0.05) is 0 Å².